The van der Waals surface area contributed by atoms with E-state index in [1.807, 2.05) is 0 Å². The second-order valence-corrected chi connectivity index (χ2v) is 3.66. The summed E-state index contributed by atoms with van der Waals surface area (Å²) in [6, 6.07) is 8.00. The van der Waals surface area contributed by atoms with Crippen LogP contribution in [0.1, 0.15) is 0 Å². The summed E-state index contributed by atoms with van der Waals surface area (Å²) in [6.45, 7) is 0. The Hall–Kier alpha value is -2.50. The van der Waals surface area contributed by atoms with E-state index in [4.69, 9.17) is 0 Å². The molecule has 2 aromatic carbocycles. The van der Waals surface area contributed by atoms with Crippen molar-refractivity contribution < 1.29 is 18.0 Å². The van der Waals surface area contributed by atoms with E-state index >= 15 is 0 Å². The van der Waals surface area contributed by atoms with Crippen molar-refractivity contribution in [2.24, 2.45) is 0 Å². The van der Waals surface area contributed by atoms with E-state index in [0.29, 0.717) is 0 Å². The third-order valence-corrected chi connectivity index (χ3v) is 2.32. The highest BCUT2D eigenvalue weighted by atomic mass is 19.2. The number of hydrogen-bond donors (Lipinski definition) is 2. The molecule has 0 saturated heterocycles. The van der Waals surface area contributed by atoms with E-state index in [-0.39, 0.29) is 11.4 Å². The van der Waals surface area contributed by atoms with Crippen LogP contribution in [0.3, 0.4) is 0 Å². The highest BCUT2D eigenvalue weighted by Crippen LogP contribution is 2.17. The maximum absolute atomic E-state index is 13.3. The molecule has 2 amide bonds. The Morgan fingerprint density at radius 3 is 2.11 bits per heavy atom. The molecule has 0 saturated carbocycles. The molecule has 0 spiro atoms. The summed E-state index contributed by atoms with van der Waals surface area (Å²) in [5.41, 5.74) is -0.384. The number of amides is 2. The van der Waals surface area contributed by atoms with Crippen molar-refractivity contribution in [1.29, 1.82) is 0 Å². The summed E-state index contributed by atoms with van der Waals surface area (Å²) in [5.74, 6) is -2.88. The number of hydrogen-bond acceptors (Lipinski definition) is 1. The first kappa shape index (κ1) is 12.9. The average molecular weight is 266 g/mol. The Bertz CT molecular complexity index is 617. The first-order valence-corrected chi connectivity index (χ1v) is 5.34. The number of rotatable bonds is 2. The van der Waals surface area contributed by atoms with Gasteiger partial charge in [0.25, 0.3) is 0 Å². The van der Waals surface area contributed by atoms with Crippen molar-refractivity contribution in [2.45, 2.75) is 0 Å². The first-order chi connectivity index (χ1) is 9.08. The molecule has 0 unspecified atom stereocenters. The van der Waals surface area contributed by atoms with E-state index < -0.39 is 23.5 Å². The quantitative estimate of drug-likeness (QED) is 0.854. The number of halogens is 3. The van der Waals surface area contributed by atoms with Gasteiger partial charge in [-0.3, -0.25) is 0 Å². The van der Waals surface area contributed by atoms with Gasteiger partial charge in [-0.2, -0.15) is 0 Å². The third-order valence-electron chi connectivity index (χ3n) is 2.32. The van der Waals surface area contributed by atoms with Gasteiger partial charge in [-0.05, 0) is 24.3 Å². The number of benzene rings is 2. The van der Waals surface area contributed by atoms with Crippen LogP contribution in [-0.4, -0.2) is 6.03 Å². The number of para-hydroxylation sites is 1. The maximum atomic E-state index is 13.3. The fraction of sp³-hybridized carbons (Fsp3) is 0. The van der Waals surface area contributed by atoms with Crippen LogP contribution >= 0.6 is 0 Å². The van der Waals surface area contributed by atoms with Gasteiger partial charge in [0, 0.05) is 0 Å². The van der Waals surface area contributed by atoms with Crippen LogP contribution in [0.5, 0.6) is 0 Å². The van der Waals surface area contributed by atoms with E-state index in [2.05, 4.69) is 10.6 Å². The predicted molar refractivity (Wildman–Crippen MR) is 65.4 cm³/mol. The highest BCUT2D eigenvalue weighted by Gasteiger charge is 2.11. The van der Waals surface area contributed by atoms with Crippen molar-refractivity contribution in [3.63, 3.8) is 0 Å². The summed E-state index contributed by atoms with van der Waals surface area (Å²) in [5, 5.41) is 4.29. The van der Waals surface area contributed by atoms with Crippen LogP contribution in [0.25, 0.3) is 0 Å². The fourth-order valence-corrected chi connectivity index (χ4v) is 1.44. The molecule has 3 nitrogen and oxygen atoms in total. The van der Waals surface area contributed by atoms with Crippen molar-refractivity contribution in [3.05, 3.63) is 59.9 Å². The molecule has 19 heavy (non-hydrogen) atoms. The normalized spacial score (nSPS) is 10.1. The lowest BCUT2D eigenvalue weighted by Gasteiger charge is -2.09. The zero-order chi connectivity index (χ0) is 13.8. The minimum Gasteiger partial charge on any atom is -0.305 e. The van der Waals surface area contributed by atoms with Crippen LogP contribution in [0, 0.1) is 17.5 Å². The molecule has 2 aromatic rings. The molecule has 0 bridgehead atoms. The van der Waals surface area contributed by atoms with Crippen molar-refractivity contribution in [3.8, 4) is 0 Å². The highest BCUT2D eigenvalue weighted by molar-refractivity contribution is 5.99. The lowest BCUT2D eigenvalue weighted by Crippen LogP contribution is -2.21. The summed E-state index contributed by atoms with van der Waals surface area (Å²) in [4.78, 5) is 11.5. The second kappa shape index (κ2) is 5.43. The number of nitrogens with one attached hydrogen (secondary N) is 2. The van der Waals surface area contributed by atoms with Gasteiger partial charge in [0.15, 0.2) is 11.6 Å². The van der Waals surface area contributed by atoms with Crippen molar-refractivity contribution >= 4 is 17.4 Å². The molecule has 0 heterocycles. The monoisotopic (exact) mass is 266 g/mol. The van der Waals surface area contributed by atoms with Crippen LogP contribution < -0.4 is 10.6 Å². The van der Waals surface area contributed by atoms with Gasteiger partial charge < -0.3 is 10.6 Å². The SMILES string of the molecule is O=C(Nc1ccccc1F)Nc1cccc(F)c1F. The number of carbonyl (C=O) groups is 1. The Morgan fingerprint density at radius 2 is 1.37 bits per heavy atom. The van der Waals surface area contributed by atoms with Crippen LogP contribution in [-0.2, 0) is 0 Å². The van der Waals surface area contributed by atoms with Gasteiger partial charge in [-0.15, -0.1) is 0 Å². The molecule has 0 aliphatic carbocycles. The lowest BCUT2D eigenvalue weighted by atomic mass is 10.3. The van der Waals surface area contributed by atoms with E-state index in [1.54, 1.807) is 0 Å². The van der Waals surface area contributed by atoms with Crippen LogP contribution in [0.2, 0.25) is 0 Å². The molecular weight excluding hydrogens is 257 g/mol. The molecule has 0 radical (unpaired) electrons. The van der Waals surface area contributed by atoms with E-state index in [1.165, 1.54) is 36.4 Å². The molecule has 0 aliphatic heterocycles. The summed E-state index contributed by atoms with van der Waals surface area (Å²) < 4.78 is 39.5. The van der Waals surface area contributed by atoms with Gasteiger partial charge in [0.1, 0.15) is 5.82 Å². The predicted octanol–water partition coefficient (Wildman–Crippen LogP) is 3.75. The van der Waals surface area contributed by atoms with Gasteiger partial charge in [0.05, 0.1) is 11.4 Å². The third kappa shape index (κ3) is 3.04. The number of carbonyl (C=O) groups excluding carboxylic acids is 1. The van der Waals surface area contributed by atoms with Gasteiger partial charge in [0.2, 0.25) is 0 Å². The van der Waals surface area contributed by atoms with E-state index in [9.17, 15) is 18.0 Å². The first-order valence-electron chi connectivity index (χ1n) is 5.34. The Morgan fingerprint density at radius 1 is 0.789 bits per heavy atom. The molecule has 0 aliphatic rings. The van der Waals surface area contributed by atoms with Crippen LogP contribution in [0.15, 0.2) is 42.5 Å². The molecular formula is C13H9F3N2O. The Kier molecular flexibility index (Phi) is 3.70. The molecule has 2 rings (SSSR count). The fourth-order valence-electron chi connectivity index (χ4n) is 1.44. The van der Waals surface area contributed by atoms with E-state index in [0.717, 1.165) is 6.07 Å². The Balaban J connectivity index is 2.10. The molecule has 6 heteroatoms. The lowest BCUT2D eigenvalue weighted by molar-refractivity contribution is 0.262. The standard InChI is InChI=1S/C13H9F3N2O/c14-8-4-1-2-6-10(8)17-13(19)18-11-7-3-5-9(15)12(11)16/h1-7H,(H2,17,18,19). The van der Waals surface area contributed by atoms with Crippen molar-refractivity contribution in [2.75, 3.05) is 10.6 Å². The average Bonchev–Trinajstić information content (AvgIpc) is 2.38. The summed E-state index contributed by atoms with van der Waals surface area (Å²) >= 11 is 0. The number of anilines is 2. The van der Waals surface area contributed by atoms with Gasteiger partial charge in [-0.25, -0.2) is 18.0 Å². The van der Waals surface area contributed by atoms with Gasteiger partial charge in [-0.1, -0.05) is 18.2 Å². The summed E-state index contributed by atoms with van der Waals surface area (Å²) in [6.07, 6.45) is 0. The smallest absolute Gasteiger partial charge is 0.305 e. The summed E-state index contributed by atoms with van der Waals surface area (Å²) in [7, 11) is 0. The zero-order valence-electron chi connectivity index (χ0n) is 9.58. The largest absolute Gasteiger partial charge is 0.323 e. The zero-order valence-corrected chi connectivity index (χ0v) is 9.58. The molecule has 0 fully saturated rings. The van der Waals surface area contributed by atoms with Gasteiger partial charge >= 0.3 is 6.03 Å². The van der Waals surface area contributed by atoms with Crippen molar-refractivity contribution in [1.82, 2.24) is 0 Å². The minimum absolute atomic E-state index is 0.0585. The molecule has 0 aromatic heterocycles. The number of urea groups is 1. The Labute approximate surface area is 107 Å². The second-order valence-electron chi connectivity index (χ2n) is 3.66. The molecule has 2 N–H and O–H groups in total. The molecule has 98 valence electrons. The molecule has 0 atom stereocenters. The topological polar surface area (TPSA) is 41.1 Å². The van der Waals surface area contributed by atoms with Crippen LogP contribution in [0.4, 0.5) is 29.3 Å². The minimum atomic E-state index is -1.17. The maximum Gasteiger partial charge on any atom is 0.323 e.